The lowest BCUT2D eigenvalue weighted by Crippen LogP contribution is -2.40. The van der Waals surface area contributed by atoms with Gasteiger partial charge in [0.15, 0.2) is 0 Å². The number of carboxylic acids is 1. The maximum atomic E-state index is 12.8. The van der Waals surface area contributed by atoms with E-state index in [-0.39, 0.29) is 18.2 Å². The molecule has 1 atom stereocenters. The summed E-state index contributed by atoms with van der Waals surface area (Å²) in [5.41, 5.74) is 1.58. The molecule has 1 N–H and O–H groups in total. The summed E-state index contributed by atoms with van der Waals surface area (Å²) in [5.74, 6) is -0.173. The lowest BCUT2D eigenvalue weighted by Gasteiger charge is -2.32. The highest BCUT2D eigenvalue weighted by molar-refractivity contribution is 5.94. The van der Waals surface area contributed by atoms with Gasteiger partial charge in [-0.1, -0.05) is 30.3 Å². The van der Waals surface area contributed by atoms with Crippen LogP contribution in [0.5, 0.6) is 5.88 Å². The Balaban J connectivity index is 1.60. The van der Waals surface area contributed by atoms with Gasteiger partial charge in [-0.15, -0.1) is 0 Å². The van der Waals surface area contributed by atoms with Crippen LogP contribution in [0.15, 0.2) is 48.7 Å². The summed E-state index contributed by atoms with van der Waals surface area (Å²) in [5, 5.41) is 8.86. The quantitative estimate of drug-likeness (QED) is 0.810. The third kappa shape index (κ3) is 5.54. The van der Waals surface area contributed by atoms with Crippen molar-refractivity contribution in [2.45, 2.75) is 32.3 Å². The molecule has 6 heteroatoms. The number of pyridine rings is 1. The Kier molecular flexibility index (Phi) is 6.41. The number of hydrogen-bond donors (Lipinski definition) is 1. The molecule has 27 heavy (non-hydrogen) atoms. The lowest BCUT2D eigenvalue weighted by molar-refractivity contribution is -0.137. The fourth-order valence-corrected chi connectivity index (χ4v) is 3.35. The molecule has 0 bridgehead atoms. The largest absolute Gasteiger partial charge is 0.481 e. The molecule has 3 rings (SSSR count). The van der Waals surface area contributed by atoms with Crippen LogP contribution in [0, 0.1) is 5.92 Å². The summed E-state index contributed by atoms with van der Waals surface area (Å²) >= 11 is 0. The van der Waals surface area contributed by atoms with Gasteiger partial charge in [0, 0.05) is 37.3 Å². The van der Waals surface area contributed by atoms with Crippen LogP contribution in [0.4, 0.5) is 0 Å². The average Bonchev–Trinajstić information content (AvgIpc) is 2.71. The number of hydrogen-bond acceptors (Lipinski definition) is 4. The summed E-state index contributed by atoms with van der Waals surface area (Å²) in [6.45, 7) is 1.70. The van der Waals surface area contributed by atoms with E-state index in [0.29, 0.717) is 37.6 Å². The van der Waals surface area contributed by atoms with Crippen molar-refractivity contribution in [1.29, 1.82) is 0 Å². The van der Waals surface area contributed by atoms with Crippen LogP contribution in [0.2, 0.25) is 0 Å². The molecule has 142 valence electrons. The van der Waals surface area contributed by atoms with Crippen molar-refractivity contribution < 1.29 is 19.4 Å². The molecule has 0 aliphatic carbocycles. The van der Waals surface area contributed by atoms with Crippen molar-refractivity contribution >= 4 is 11.9 Å². The number of carbonyl (C=O) groups is 2. The molecule has 0 radical (unpaired) electrons. The van der Waals surface area contributed by atoms with Gasteiger partial charge < -0.3 is 14.7 Å². The number of rotatable bonds is 7. The van der Waals surface area contributed by atoms with Gasteiger partial charge in [-0.05, 0) is 36.8 Å². The summed E-state index contributed by atoms with van der Waals surface area (Å²) in [6.07, 6.45) is 4.22. The molecule has 1 aromatic heterocycles. The number of ether oxygens (including phenoxy) is 1. The highest BCUT2D eigenvalue weighted by Gasteiger charge is 2.25. The molecule has 0 spiro atoms. The molecule has 1 aliphatic rings. The fourth-order valence-electron chi connectivity index (χ4n) is 3.35. The number of benzene rings is 1. The molecule has 1 saturated heterocycles. The SMILES string of the molecule is O=C(O)CCC1CCCN(C(=O)c2ccnc(OCc3ccccc3)c2)C1. The number of piperidine rings is 1. The fraction of sp³-hybridized carbons (Fsp3) is 0.381. The van der Waals surface area contributed by atoms with E-state index in [1.165, 1.54) is 0 Å². The molecule has 2 aromatic rings. The molecule has 6 nitrogen and oxygen atoms in total. The zero-order chi connectivity index (χ0) is 19.1. The Bertz CT molecular complexity index is 779. The van der Waals surface area contributed by atoms with Gasteiger partial charge in [-0.25, -0.2) is 4.98 Å². The van der Waals surface area contributed by atoms with Crippen LogP contribution in [0.25, 0.3) is 0 Å². The van der Waals surface area contributed by atoms with Gasteiger partial charge in [0.2, 0.25) is 5.88 Å². The third-order valence-electron chi connectivity index (χ3n) is 4.78. The Morgan fingerprint density at radius 2 is 2.04 bits per heavy atom. The molecule has 2 heterocycles. The Morgan fingerprint density at radius 1 is 1.22 bits per heavy atom. The van der Waals surface area contributed by atoms with Crippen molar-refractivity contribution in [3.63, 3.8) is 0 Å². The number of carboxylic acid groups (broad SMARTS) is 1. The second-order valence-electron chi connectivity index (χ2n) is 6.85. The van der Waals surface area contributed by atoms with Crippen molar-refractivity contribution in [1.82, 2.24) is 9.88 Å². The van der Waals surface area contributed by atoms with Crippen LogP contribution in [0.1, 0.15) is 41.6 Å². The minimum absolute atomic E-state index is 0.0537. The Morgan fingerprint density at radius 3 is 2.81 bits per heavy atom. The molecular formula is C21H24N2O4. The van der Waals surface area contributed by atoms with E-state index in [2.05, 4.69) is 4.98 Å². The van der Waals surface area contributed by atoms with Gasteiger partial charge in [0.25, 0.3) is 5.91 Å². The molecule has 1 amide bonds. The molecule has 1 aromatic carbocycles. The predicted molar refractivity (Wildman–Crippen MR) is 101 cm³/mol. The second-order valence-corrected chi connectivity index (χ2v) is 6.85. The summed E-state index contributed by atoms with van der Waals surface area (Å²) < 4.78 is 5.71. The summed E-state index contributed by atoms with van der Waals surface area (Å²) in [6, 6.07) is 13.2. The zero-order valence-electron chi connectivity index (χ0n) is 15.2. The van der Waals surface area contributed by atoms with Crippen molar-refractivity contribution in [2.24, 2.45) is 5.92 Å². The Labute approximate surface area is 158 Å². The van der Waals surface area contributed by atoms with Crippen molar-refractivity contribution in [3.05, 3.63) is 59.8 Å². The smallest absolute Gasteiger partial charge is 0.303 e. The summed E-state index contributed by atoms with van der Waals surface area (Å²) in [4.78, 5) is 29.6. The first kappa shape index (κ1) is 18.9. The topological polar surface area (TPSA) is 79.7 Å². The van der Waals surface area contributed by atoms with E-state index in [1.54, 1.807) is 18.3 Å². The molecule has 1 fully saturated rings. The molecule has 0 saturated carbocycles. The number of amides is 1. The summed E-state index contributed by atoms with van der Waals surface area (Å²) in [7, 11) is 0. The number of nitrogens with zero attached hydrogens (tertiary/aromatic N) is 2. The van der Waals surface area contributed by atoms with E-state index >= 15 is 0 Å². The van der Waals surface area contributed by atoms with Crippen LogP contribution < -0.4 is 4.74 Å². The van der Waals surface area contributed by atoms with Gasteiger partial charge in [-0.2, -0.15) is 0 Å². The minimum Gasteiger partial charge on any atom is -0.481 e. The van der Waals surface area contributed by atoms with E-state index in [4.69, 9.17) is 9.84 Å². The van der Waals surface area contributed by atoms with Gasteiger partial charge in [-0.3, -0.25) is 9.59 Å². The highest BCUT2D eigenvalue weighted by Crippen LogP contribution is 2.23. The monoisotopic (exact) mass is 368 g/mol. The van der Waals surface area contributed by atoms with Gasteiger partial charge in [0.05, 0.1) is 0 Å². The molecular weight excluding hydrogens is 344 g/mol. The van der Waals surface area contributed by atoms with Crippen LogP contribution in [0.3, 0.4) is 0 Å². The van der Waals surface area contributed by atoms with E-state index < -0.39 is 5.97 Å². The number of aromatic nitrogens is 1. The number of likely N-dealkylation sites (tertiary alicyclic amines) is 1. The van der Waals surface area contributed by atoms with Crippen molar-refractivity contribution in [3.8, 4) is 5.88 Å². The van der Waals surface area contributed by atoms with E-state index in [0.717, 1.165) is 18.4 Å². The van der Waals surface area contributed by atoms with Gasteiger partial charge in [0.1, 0.15) is 6.61 Å². The minimum atomic E-state index is -0.784. The third-order valence-corrected chi connectivity index (χ3v) is 4.78. The van der Waals surface area contributed by atoms with Gasteiger partial charge >= 0.3 is 5.97 Å². The first-order chi connectivity index (χ1) is 13.1. The average molecular weight is 368 g/mol. The maximum absolute atomic E-state index is 12.8. The highest BCUT2D eigenvalue weighted by atomic mass is 16.5. The first-order valence-electron chi connectivity index (χ1n) is 9.25. The number of carbonyl (C=O) groups excluding carboxylic acids is 1. The Hall–Kier alpha value is -2.89. The maximum Gasteiger partial charge on any atom is 0.303 e. The van der Waals surface area contributed by atoms with Crippen LogP contribution in [-0.4, -0.2) is 40.0 Å². The number of aliphatic carboxylic acids is 1. The van der Waals surface area contributed by atoms with E-state index in [1.807, 2.05) is 35.2 Å². The standard InChI is InChI=1S/C21H24N2O4/c24-20(25)9-8-16-7-4-12-23(14-16)21(26)18-10-11-22-19(13-18)27-15-17-5-2-1-3-6-17/h1-3,5-6,10-11,13,16H,4,7-9,12,14-15H2,(H,24,25). The second kappa shape index (κ2) is 9.16. The van der Waals surface area contributed by atoms with Crippen LogP contribution in [-0.2, 0) is 11.4 Å². The molecule has 1 aliphatic heterocycles. The molecule has 1 unspecified atom stereocenters. The first-order valence-corrected chi connectivity index (χ1v) is 9.25. The van der Waals surface area contributed by atoms with Crippen molar-refractivity contribution in [2.75, 3.05) is 13.1 Å². The van der Waals surface area contributed by atoms with E-state index in [9.17, 15) is 9.59 Å². The lowest BCUT2D eigenvalue weighted by atomic mass is 9.93. The zero-order valence-corrected chi connectivity index (χ0v) is 15.2. The normalized spacial score (nSPS) is 16.7. The predicted octanol–water partition coefficient (Wildman–Crippen LogP) is 3.38. The van der Waals surface area contributed by atoms with Crippen LogP contribution >= 0.6 is 0 Å².